The summed E-state index contributed by atoms with van der Waals surface area (Å²) in [6, 6.07) is 26.9. The smallest absolute Gasteiger partial charge is 0.411 e. The van der Waals surface area contributed by atoms with Gasteiger partial charge in [-0.3, -0.25) is 5.32 Å². The molecule has 1 aliphatic heterocycles. The van der Waals surface area contributed by atoms with Crippen molar-refractivity contribution in [3.05, 3.63) is 90.0 Å². The largest absolute Gasteiger partial charge is 0.446 e. The molecular weight excluding hydrogens is 472 g/mol. The molecule has 1 heterocycles. The van der Waals surface area contributed by atoms with Crippen LogP contribution >= 0.6 is 0 Å². The van der Waals surface area contributed by atoms with Crippen molar-refractivity contribution in [2.75, 3.05) is 51.6 Å². The van der Waals surface area contributed by atoms with E-state index < -0.39 is 0 Å². The summed E-state index contributed by atoms with van der Waals surface area (Å²) >= 11 is 0. The molecule has 202 valence electrons. The first kappa shape index (κ1) is 27.8. The Morgan fingerprint density at radius 3 is 2.34 bits per heavy atom. The maximum Gasteiger partial charge on any atom is 0.411 e. The fraction of sp³-hybridized carbons (Fsp3) is 0.406. The van der Waals surface area contributed by atoms with E-state index in [4.69, 9.17) is 4.74 Å². The second-order valence-corrected chi connectivity index (χ2v) is 10.1. The van der Waals surface area contributed by atoms with Crippen molar-refractivity contribution in [1.29, 1.82) is 0 Å². The number of anilines is 1. The molecule has 6 heteroatoms. The molecule has 1 aliphatic rings. The molecule has 0 aliphatic carbocycles. The van der Waals surface area contributed by atoms with Gasteiger partial charge < -0.3 is 19.9 Å². The third-order valence-electron chi connectivity index (χ3n) is 7.27. The SMILES string of the molecule is CCN(C)Cc1ccc(CCNCCN2CCC(OC(=O)Nc3ccccc3-c3ccccc3)CC2)cc1. The van der Waals surface area contributed by atoms with Crippen molar-refractivity contribution in [1.82, 2.24) is 15.1 Å². The second kappa shape index (κ2) is 14.7. The Balaban J connectivity index is 1.11. The van der Waals surface area contributed by atoms with Crippen molar-refractivity contribution in [2.45, 2.75) is 38.8 Å². The standard InChI is InChI=1S/C32H42N4O2/c1-3-35(2)25-27-15-13-26(14-16-27)17-20-33-21-24-36-22-18-29(19-23-36)38-32(37)34-31-12-8-7-11-30(31)28-9-5-4-6-10-28/h4-16,29,33H,3,17-25H2,1-2H3,(H,34,37). The molecule has 0 spiro atoms. The quantitative estimate of drug-likeness (QED) is 0.306. The lowest BCUT2D eigenvalue weighted by Gasteiger charge is -2.31. The third kappa shape index (κ3) is 8.69. The number of piperidine rings is 1. The van der Waals surface area contributed by atoms with Gasteiger partial charge in [0, 0.05) is 38.3 Å². The molecule has 0 unspecified atom stereocenters. The van der Waals surface area contributed by atoms with Gasteiger partial charge in [-0.05, 0) is 62.2 Å². The Morgan fingerprint density at radius 2 is 1.61 bits per heavy atom. The van der Waals surface area contributed by atoms with Gasteiger partial charge in [0.05, 0.1) is 5.69 Å². The summed E-state index contributed by atoms with van der Waals surface area (Å²) in [5.74, 6) is 0. The number of amides is 1. The molecule has 0 radical (unpaired) electrons. The van der Waals surface area contributed by atoms with Crippen molar-refractivity contribution in [2.24, 2.45) is 0 Å². The highest BCUT2D eigenvalue weighted by atomic mass is 16.6. The number of benzene rings is 3. The van der Waals surface area contributed by atoms with Crippen LogP contribution < -0.4 is 10.6 Å². The van der Waals surface area contributed by atoms with E-state index in [9.17, 15) is 4.79 Å². The second-order valence-electron chi connectivity index (χ2n) is 10.1. The summed E-state index contributed by atoms with van der Waals surface area (Å²) in [5, 5.41) is 6.54. The van der Waals surface area contributed by atoms with Gasteiger partial charge in [-0.15, -0.1) is 0 Å². The summed E-state index contributed by atoms with van der Waals surface area (Å²) in [4.78, 5) is 17.4. The summed E-state index contributed by atoms with van der Waals surface area (Å²) in [5.41, 5.74) is 5.58. The number of nitrogens with zero attached hydrogens (tertiary/aromatic N) is 2. The molecule has 1 fully saturated rings. The fourth-order valence-electron chi connectivity index (χ4n) is 4.83. The monoisotopic (exact) mass is 514 g/mol. The van der Waals surface area contributed by atoms with Crippen LogP contribution in [0.1, 0.15) is 30.9 Å². The summed E-state index contributed by atoms with van der Waals surface area (Å²) in [7, 11) is 2.15. The Morgan fingerprint density at radius 1 is 0.921 bits per heavy atom. The van der Waals surface area contributed by atoms with Crippen LogP contribution in [0.25, 0.3) is 11.1 Å². The maximum absolute atomic E-state index is 12.6. The number of ether oxygens (including phenoxy) is 1. The number of hydrogen-bond donors (Lipinski definition) is 2. The van der Waals surface area contributed by atoms with Crippen molar-refractivity contribution >= 4 is 11.8 Å². The average molecular weight is 515 g/mol. The van der Waals surface area contributed by atoms with Gasteiger partial charge >= 0.3 is 6.09 Å². The van der Waals surface area contributed by atoms with Gasteiger partial charge in [-0.25, -0.2) is 4.79 Å². The molecule has 6 nitrogen and oxygen atoms in total. The van der Waals surface area contributed by atoms with Gasteiger partial charge in [0.25, 0.3) is 0 Å². The topological polar surface area (TPSA) is 56.8 Å². The lowest BCUT2D eigenvalue weighted by molar-refractivity contribution is 0.0593. The van der Waals surface area contributed by atoms with Crippen LogP contribution in [0.5, 0.6) is 0 Å². The van der Waals surface area contributed by atoms with Gasteiger partial charge in [0.1, 0.15) is 6.10 Å². The zero-order chi connectivity index (χ0) is 26.6. The lowest BCUT2D eigenvalue weighted by atomic mass is 10.0. The van der Waals surface area contributed by atoms with Crippen molar-refractivity contribution < 1.29 is 9.53 Å². The van der Waals surface area contributed by atoms with E-state index in [1.165, 1.54) is 11.1 Å². The number of likely N-dealkylation sites (tertiary alicyclic amines) is 1. The van der Waals surface area contributed by atoms with Gasteiger partial charge in [-0.2, -0.15) is 0 Å². The summed E-state index contributed by atoms with van der Waals surface area (Å²) < 4.78 is 5.77. The van der Waals surface area contributed by atoms with Crippen LogP contribution in [-0.4, -0.2) is 68.3 Å². The normalized spacial score (nSPS) is 14.5. The number of carbonyl (C=O) groups excluding carboxylic acids is 1. The van der Waals surface area contributed by atoms with Crippen LogP contribution in [0.3, 0.4) is 0 Å². The first-order valence-electron chi connectivity index (χ1n) is 13.9. The van der Waals surface area contributed by atoms with E-state index in [2.05, 4.69) is 58.7 Å². The number of hydrogen-bond acceptors (Lipinski definition) is 5. The lowest BCUT2D eigenvalue weighted by Crippen LogP contribution is -2.41. The van der Waals surface area contributed by atoms with Crippen molar-refractivity contribution in [3.63, 3.8) is 0 Å². The van der Waals surface area contributed by atoms with Crippen LogP contribution in [0.2, 0.25) is 0 Å². The van der Waals surface area contributed by atoms with E-state index in [1.807, 2.05) is 54.6 Å². The Kier molecular flexibility index (Phi) is 10.7. The number of rotatable bonds is 12. The molecule has 4 rings (SSSR count). The zero-order valence-electron chi connectivity index (χ0n) is 22.9. The first-order chi connectivity index (χ1) is 18.6. The predicted octanol–water partition coefficient (Wildman–Crippen LogP) is 5.65. The minimum Gasteiger partial charge on any atom is -0.446 e. The Hall–Kier alpha value is -3.19. The van der Waals surface area contributed by atoms with Crippen LogP contribution in [0, 0.1) is 0 Å². The van der Waals surface area contributed by atoms with E-state index in [1.54, 1.807) is 0 Å². The molecule has 1 saturated heterocycles. The van der Waals surface area contributed by atoms with Crippen LogP contribution in [-0.2, 0) is 17.7 Å². The highest BCUT2D eigenvalue weighted by molar-refractivity contribution is 5.91. The van der Waals surface area contributed by atoms with E-state index in [-0.39, 0.29) is 12.2 Å². The average Bonchev–Trinajstić information content (AvgIpc) is 2.95. The first-order valence-corrected chi connectivity index (χ1v) is 13.9. The van der Waals surface area contributed by atoms with Crippen LogP contribution in [0.15, 0.2) is 78.9 Å². The molecule has 3 aromatic rings. The van der Waals surface area contributed by atoms with E-state index in [0.717, 1.165) is 81.9 Å². The van der Waals surface area contributed by atoms with Crippen LogP contribution in [0.4, 0.5) is 10.5 Å². The third-order valence-corrected chi connectivity index (χ3v) is 7.27. The molecule has 0 bridgehead atoms. The van der Waals surface area contributed by atoms with E-state index in [0.29, 0.717) is 0 Å². The van der Waals surface area contributed by atoms with Gasteiger partial charge in [0.2, 0.25) is 0 Å². The minimum absolute atomic E-state index is 0.0387. The molecule has 2 N–H and O–H groups in total. The Labute approximate surface area is 228 Å². The highest BCUT2D eigenvalue weighted by Gasteiger charge is 2.22. The minimum atomic E-state index is -0.376. The molecule has 1 amide bonds. The molecular formula is C32H42N4O2. The van der Waals surface area contributed by atoms with E-state index >= 15 is 0 Å². The summed E-state index contributed by atoms with van der Waals surface area (Å²) in [6.45, 7) is 9.14. The zero-order valence-corrected chi connectivity index (χ0v) is 22.9. The number of nitrogens with one attached hydrogen (secondary N) is 2. The number of para-hydroxylation sites is 1. The molecule has 38 heavy (non-hydrogen) atoms. The summed E-state index contributed by atoms with van der Waals surface area (Å²) in [6.07, 6.45) is 2.37. The molecule has 3 aromatic carbocycles. The highest BCUT2D eigenvalue weighted by Crippen LogP contribution is 2.28. The predicted molar refractivity (Wildman–Crippen MR) is 156 cm³/mol. The molecule has 0 atom stereocenters. The number of carbonyl (C=O) groups is 1. The van der Waals surface area contributed by atoms with Gasteiger partial charge in [0.15, 0.2) is 0 Å². The Bertz CT molecular complexity index is 1110. The van der Waals surface area contributed by atoms with Crippen molar-refractivity contribution in [3.8, 4) is 11.1 Å². The fourth-order valence-corrected chi connectivity index (χ4v) is 4.83. The maximum atomic E-state index is 12.6. The van der Waals surface area contributed by atoms with Gasteiger partial charge in [-0.1, -0.05) is 79.7 Å². The molecule has 0 aromatic heterocycles. The molecule has 0 saturated carbocycles.